The maximum absolute atomic E-state index is 12.4. The van der Waals surface area contributed by atoms with E-state index in [1.54, 1.807) is 24.3 Å². The number of hydrogen-bond donors (Lipinski definition) is 1. The molecule has 0 aromatic heterocycles. The van der Waals surface area contributed by atoms with Crippen LogP contribution in [0.4, 0.5) is 0 Å². The number of ether oxygens (including phenoxy) is 1. The summed E-state index contributed by atoms with van der Waals surface area (Å²) in [4.78, 5) is 2.38. The fraction of sp³-hybridized carbons (Fsp3) is 0.600. The minimum absolute atomic E-state index is 0.0661. The van der Waals surface area contributed by atoms with Crippen molar-refractivity contribution in [3.8, 4) is 5.75 Å². The molecule has 1 N–H and O–H groups in total. The molecule has 1 aliphatic rings. The maximum atomic E-state index is 12.4. The van der Waals surface area contributed by atoms with Crippen LogP contribution in [0.1, 0.15) is 19.3 Å². The van der Waals surface area contributed by atoms with Crippen LogP contribution >= 0.6 is 0 Å². The number of aliphatic hydroxyl groups is 1. The van der Waals surface area contributed by atoms with Crippen LogP contribution in [0.5, 0.6) is 5.75 Å². The third-order valence-electron chi connectivity index (χ3n) is 4.01. The molecule has 0 spiro atoms. The minimum Gasteiger partial charge on any atom is -0.497 e. The lowest BCUT2D eigenvalue weighted by Gasteiger charge is -2.34. The molecule has 0 amide bonds. The molecule has 1 unspecified atom stereocenters. The topological polar surface area (TPSA) is 66.8 Å². The largest absolute Gasteiger partial charge is 0.497 e. The van der Waals surface area contributed by atoms with E-state index in [2.05, 4.69) is 4.90 Å². The van der Waals surface area contributed by atoms with Crippen LogP contribution < -0.4 is 4.74 Å². The molecule has 0 radical (unpaired) electrons. The Morgan fingerprint density at radius 1 is 1.38 bits per heavy atom. The van der Waals surface area contributed by atoms with Crippen LogP contribution in [0.2, 0.25) is 0 Å². The van der Waals surface area contributed by atoms with Gasteiger partial charge in [-0.25, -0.2) is 8.42 Å². The first kappa shape index (κ1) is 16.3. The zero-order valence-corrected chi connectivity index (χ0v) is 13.2. The Hall–Kier alpha value is -1.11. The molecule has 1 aromatic carbocycles. The van der Waals surface area contributed by atoms with Gasteiger partial charge in [-0.3, -0.25) is 4.90 Å². The van der Waals surface area contributed by atoms with Crippen molar-refractivity contribution in [3.05, 3.63) is 24.3 Å². The highest BCUT2D eigenvalue weighted by atomic mass is 32.2. The van der Waals surface area contributed by atoms with Crippen molar-refractivity contribution in [1.29, 1.82) is 0 Å². The standard InChI is InChI=1S/C15H23NO4S/c1-20-14-6-4-7-15(11-14)21(18,19)10-9-16-8-3-2-5-13(16)12-17/h4,6-7,11,13,17H,2-3,5,8-10,12H2,1H3. The van der Waals surface area contributed by atoms with Gasteiger partial charge in [-0.2, -0.15) is 0 Å². The van der Waals surface area contributed by atoms with Gasteiger partial charge in [-0.15, -0.1) is 0 Å². The monoisotopic (exact) mass is 313 g/mol. The van der Waals surface area contributed by atoms with Gasteiger partial charge in [0.1, 0.15) is 5.75 Å². The second kappa shape index (κ2) is 7.24. The number of hydrogen-bond acceptors (Lipinski definition) is 5. The van der Waals surface area contributed by atoms with E-state index < -0.39 is 9.84 Å². The van der Waals surface area contributed by atoms with Gasteiger partial charge in [0.15, 0.2) is 9.84 Å². The molecule has 2 rings (SSSR count). The molecule has 5 nitrogen and oxygen atoms in total. The lowest BCUT2D eigenvalue weighted by Crippen LogP contribution is -2.44. The summed E-state index contributed by atoms with van der Waals surface area (Å²) in [5.41, 5.74) is 0. The quantitative estimate of drug-likeness (QED) is 0.858. The molecule has 21 heavy (non-hydrogen) atoms. The van der Waals surface area contributed by atoms with Gasteiger partial charge in [0.05, 0.1) is 24.4 Å². The molecule has 1 heterocycles. The van der Waals surface area contributed by atoms with Gasteiger partial charge >= 0.3 is 0 Å². The summed E-state index contributed by atoms with van der Waals surface area (Å²) in [6, 6.07) is 6.65. The SMILES string of the molecule is COc1cccc(S(=O)(=O)CCN2CCCCC2CO)c1. The van der Waals surface area contributed by atoms with Gasteiger partial charge in [0.25, 0.3) is 0 Å². The molecule has 1 aliphatic heterocycles. The Labute approximate surface area is 126 Å². The van der Waals surface area contributed by atoms with E-state index >= 15 is 0 Å². The van der Waals surface area contributed by atoms with E-state index in [-0.39, 0.29) is 18.4 Å². The summed E-state index contributed by atoms with van der Waals surface area (Å²) in [5.74, 6) is 0.610. The fourth-order valence-corrected chi connectivity index (χ4v) is 4.00. The van der Waals surface area contributed by atoms with E-state index in [1.807, 2.05) is 0 Å². The second-order valence-electron chi connectivity index (χ2n) is 5.37. The fourth-order valence-electron chi connectivity index (χ4n) is 2.71. The van der Waals surface area contributed by atoms with Crippen LogP contribution in [0, 0.1) is 0 Å². The van der Waals surface area contributed by atoms with Gasteiger partial charge in [0, 0.05) is 12.6 Å². The smallest absolute Gasteiger partial charge is 0.179 e. The predicted octanol–water partition coefficient (Wildman–Crippen LogP) is 1.32. The minimum atomic E-state index is -3.33. The lowest BCUT2D eigenvalue weighted by atomic mass is 10.0. The van der Waals surface area contributed by atoms with Crippen molar-refractivity contribution in [1.82, 2.24) is 4.90 Å². The highest BCUT2D eigenvalue weighted by molar-refractivity contribution is 7.91. The van der Waals surface area contributed by atoms with Gasteiger partial charge in [-0.1, -0.05) is 12.5 Å². The normalized spacial score (nSPS) is 20.4. The van der Waals surface area contributed by atoms with Crippen LogP contribution in [0.15, 0.2) is 29.2 Å². The van der Waals surface area contributed by atoms with Crippen molar-refractivity contribution in [3.63, 3.8) is 0 Å². The first-order valence-electron chi connectivity index (χ1n) is 7.28. The van der Waals surface area contributed by atoms with Crippen LogP contribution in [-0.2, 0) is 9.84 Å². The van der Waals surface area contributed by atoms with Crippen molar-refractivity contribution in [2.45, 2.75) is 30.2 Å². The number of likely N-dealkylation sites (tertiary alicyclic amines) is 1. The summed E-state index contributed by atoms with van der Waals surface area (Å²) < 4.78 is 29.9. The van der Waals surface area contributed by atoms with E-state index in [9.17, 15) is 13.5 Å². The van der Waals surface area contributed by atoms with Crippen LogP contribution in [-0.4, -0.2) is 57.0 Å². The Morgan fingerprint density at radius 3 is 2.90 bits per heavy atom. The van der Waals surface area contributed by atoms with Gasteiger partial charge in [0.2, 0.25) is 0 Å². The second-order valence-corrected chi connectivity index (χ2v) is 7.48. The van der Waals surface area contributed by atoms with Crippen molar-refractivity contribution in [2.75, 3.05) is 32.6 Å². The third-order valence-corrected chi connectivity index (χ3v) is 5.70. The molecule has 118 valence electrons. The van der Waals surface area contributed by atoms with E-state index in [0.717, 1.165) is 25.8 Å². The lowest BCUT2D eigenvalue weighted by molar-refractivity contribution is 0.0958. The Morgan fingerprint density at radius 2 is 2.19 bits per heavy atom. The van der Waals surface area contributed by atoms with E-state index in [1.165, 1.54) is 7.11 Å². The summed E-state index contributed by atoms with van der Waals surface area (Å²) in [7, 11) is -1.81. The summed E-state index contributed by atoms with van der Waals surface area (Å²) in [5, 5.41) is 9.37. The molecule has 0 aliphatic carbocycles. The summed E-state index contributed by atoms with van der Waals surface area (Å²) >= 11 is 0. The molecule has 1 fully saturated rings. The molecule has 0 bridgehead atoms. The highest BCUT2D eigenvalue weighted by Crippen LogP contribution is 2.20. The number of rotatable bonds is 6. The average Bonchev–Trinajstić information content (AvgIpc) is 2.53. The van der Waals surface area contributed by atoms with E-state index in [4.69, 9.17) is 4.74 Å². The number of piperidine rings is 1. The predicted molar refractivity (Wildman–Crippen MR) is 81.3 cm³/mol. The van der Waals surface area contributed by atoms with Gasteiger partial charge in [-0.05, 0) is 37.6 Å². The number of aliphatic hydroxyl groups excluding tert-OH is 1. The Balaban J connectivity index is 2.03. The van der Waals surface area contributed by atoms with E-state index in [0.29, 0.717) is 17.2 Å². The third kappa shape index (κ3) is 4.18. The Kier molecular flexibility index (Phi) is 5.61. The number of sulfone groups is 1. The van der Waals surface area contributed by atoms with Crippen LogP contribution in [0.3, 0.4) is 0 Å². The maximum Gasteiger partial charge on any atom is 0.179 e. The molecule has 1 aromatic rings. The molecular weight excluding hydrogens is 290 g/mol. The summed E-state index contributed by atoms with van der Waals surface area (Å²) in [6.45, 7) is 1.42. The average molecular weight is 313 g/mol. The molecule has 6 heteroatoms. The molecule has 0 saturated carbocycles. The zero-order chi connectivity index (χ0) is 15.3. The van der Waals surface area contributed by atoms with Crippen LogP contribution in [0.25, 0.3) is 0 Å². The zero-order valence-electron chi connectivity index (χ0n) is 12.4. The number of methoxy groups -OCH3 is 1. The van der Waals surface area contributed by atoms with Crippen molar-refractivity contribution in [2.24, 2.45) is 0 Å². The first-order chi connectivity index (χ1) is 10.1. The Bertz CT molecular complexity index is 559. The highest BCUT2D eigenvalue weighted by Gasteiger charge is 2.24. The number of benzene rings is 1. The van der Waals surface area contributed by atoms with Crippen molar-refractivity contribution < 1.29 is 18.3 Å². The first-order valence-corrected chi connectivity index (χ1v) is 8.94. The molecule has 1 saturated heterocycles. The van der Waals surface area contributed by atoms with Gasteiger partial charge < -0.3 is 9.84 Å². The van der Waals surface area contributed by atoms with Crippen molar-refractivity contribution >= 4 is 9.84 Å². The number of nitrogens with zero attached hydrogens (tertiary/aromatic N) is 1. The summed E-state index contributed by atoms with van der Waals surface area (Å²) in [6.07, 6.45) is 3.11. The molecule has 1 atom stereocenters. The molecular formula is C15H23NO4S.